The minimum atomic E-state index is 0.265. The first-order valence-electron chi connectivity index (χ1n) is 9.03. The number of nitrogens with zero attached hydrogens (tertiary/aromatic N) is 2. The molecule has 1 aromatic carbocycles. The highest BCUT2D eigenvalue weighted by atomic mass is 16.5. The van der Waals surface area contributed by atoms with Crippen LogP contribution < -0.4 is 4.74 Å². The molecule has 1 N–H and O–H groups in total. The van der Waals surface area contributed by atoms with Crippen molar-refractivity contribution in [1.82, 2.24) is 9.80 Å². The Kier molecular flexibility index (Phi) is 6.67. The van der Waals surface area contributed by atoms with Gasteiger partial charge in [0.2, 0.25) is 0 Å². The van der Waals surface area contributed by atoms with Crippen molar-refractivity contribution in [2.45, 2.75) is 46.7 Å². The SMILES string of the molecule is COc1ccc(CN2CCN(CC(C)(C)C)[C@@H](CCO)C2)cc1C. The zero-order valence-electron chi connectivity index (χ0n) is 16.0. The average Bonchev–Trinajstić information content (AvgIpc) is 2.49. The summed E-state index contributed by atoms with van der Waals surface area (Å²) in [6.07, 6.45) is 0.855. The largest absolute Gasteiger partial charge is 0.496 e. The van der Waals surface area contributed by atoms with E-state index in [2.05, 4.69) is 55.7 Å². The molecule has 0 aromatic heterocycles. The molecule has 2 rings (SSSR count). The molecular formula is C20H34N2O2. The maximum absolute atomic E-state index is 9.45. The number of methoxy groups -OCH3 is 1. The van der Waals surface area contributed by atoms with Crippen molar-refractivity contribution in [3.8, 4) is 5.75 Å². The van der Waals surface area contributed by atoms with Crippen LogP contribution >= 0.6 is 0 Å². The first-order chi connectivity index (χ1) is 11.3. The maximum atomic E-state index is 9.45. The van der Waals surface area contributed by atoms with Gasteiger partial charge in [-0.05, 0) is 36.0 Å². The maximum Gasteiger partial charge on any atom is 0.121 e. The monoisotopic (exact) mass is 334 g/mol. The fourth-order valence-electron chi connectivity index (χ4n) is 3.64. The molecule has 0 spiro atoms. The quantitative estimate of drug-likeness (QED) is 0.868. The van der Waals surface area contributed by atoms with Crippen molar-refractivity contribution in [3.63, 3.8) is 0 Å². The Hall–Kier alpha value is -1.10. The lowest BCUT2D eigenvalue weighted by Gasteiger charge is -2.44. The molecule has 0 aliphatic carbocycles. The zero-order valence-corrected chi connectivity index (χ0v) is 16.0. The molecule has 0 unspecified atom stereocenters. The van der Waals surface area contributed by atoms with Crippen LogP contribution in [-0.4, -0.2) is 60.8 Å². The molecule has 1 saturated heterocycles. The van der Waals surface area contributed by atoms with E-state index in [1.807, 2.05) is 0 Å². The summed E-state index contributed by atoms with van der Waals surface area (Å²) in [6.45, 7) is 14.5. The number of aliphatic hydroxyl groups is 1. The van der Waals surface area contributed by atoms with E-state index in [0.29, 0.717) is 11.5 Å². The lowest BCUT2D eigenvalue weighted by atomic mass is 9.94. The van der Waals surface area contributed by atoms with Gasteiger partial charge in [0.05, 0.1) is 7.11 Å². The number of rotatable bonds is 6. The number of hydrogen-bond acceptors (Lipinski definition) is 4. The molecule has 4 heteroatoms. The second-order valence-corrected chi connectivity index (χ2v) is 8.24. The van der Waals surface area contributed by atoms with Gasteiger partial charge < -0.3 is 9.84 Å². The summed E-state index contributed by atoms with van der Waals surface area (Å²) < 4.78 is 5.35. The number of piperazine rings is 1. The summed E-state index contributed by atoms with van der Waals surface area (Å²) in [5.41, 5.74) is 2.82. The normalized spacial score (nSPS) is 20.3. The van der Waals surface area contributed by atoms with E-state index in [9.17, 15) is 5.11 Å². The molecule has 1 heterocycles. The molecule has 1 aromatic rings. The summed E-state index contributed by atoms with van der Waals surface area (Å²) in [5.74, 6) is 0.951. The van der Waals surface area contributed by atoms with Crippen LogP contribution in [0.15, 0.2) is 18.2 Å². The Morgan fingerprint density at radius 2 is 2.00 bits per heavy atom. The minimum absolute atomic E-state index is 0.265. The fraction of sp³-hybridized carbons (Fsp3) is 0.700. The van der Waals surface area contributed by atoms with E-state index in [1.54, 1.807) is 7.11 Å². The van der Waals surface area contributed by atoms with E-state index in [-0.39, 0.29) is 6.61 Å². The van der Waals surface area contributed by atoms with E-state index < -0.39 is 0 Å². The third-order valence-electron chi connectivity index (χ3n) is 4.69. The third-order valence-corrected chi connectivity index (χ3v) is 4.69. The first kappa shape index (κ1) is 19.2. The van der Waals surface area contributed by atoms with Gasteiger partial charge in [-0.3, -0.25) is 9.80 Å². The van der Waals surface area contributed by atoms with E-state index in [0.717, 1.165) is 44.9 Å². The standard InChI is InChI=1S/C20H34N2O2/c1-16-12-17(6-7-19(16)24-5)13-21-9-10-22(15-20(2,3)4)18(14-21)8-11-23/h6-7,12,18,23H,8-11,13-15H2,1-5H3/t18-/m0/s1. The first-order valence-corrected chi connectivity index (χ1v) is 9.03. The molecule has 0 saturated carbocycles. The van der Waals surface area contributed by atoms with Gasteiger partial charge in [0.25, 0.3) is 0 Å². The Morgan fingerprint density at radius 3 is 2.58 bits per heavy atom. The molecule has 0 bridgehead atoms. The molecule has 1 aliphatic rings. The Balaban J connectivity index is 1.99. The van der Waals surface area contributed by atoms with Crippen molar-refractivity contribution in [2.24, 2.45) is 5.41 Å². The van der Waals surface area contributed by atoms with Crippen LogP contribution in [0.25, 0.3) is 0 Å². The van der Waals surface area contributed by atoms with Crippen LogP contribution in [0.3, 0.4) is 0 Å². The number of benzene rings is 1. The van der Waals surface area contributed by atoms with E-state index in [1.165, 1.54) is 11.1 Å². The predicted molar refractivity (Wildman–Crippen MR) is 99.5 cm³/mol. The van der Waals surface area contributed by atoms with Crippen LogP contribution in [0.1, 0.15) is 38.3 Å². The Bertz CT molecular complexity index is 525. The Labute approximate surface area is 147 Å². The van der Waals surface area contributed by atoms with Gasteiger partial charge in [-0.25, -0.2) is 0 Å². The van der Waals surface area contributed by atoms with Gasteiger partial charge in [-0.15, -0.1) is 0 Å². The lowest BCUT2D eigenvalue weighted by Crippen LogP contribution is -2.54. The van der Waals surface area contributed by atoms with Crippen LogP contribution in [-0.2, 0) is 6.54 Å². The molecular weight excluding hydrogens is 300 g/mol. The van der Waals surface area contributed by atoms with Crippen LogP contribution in [0, 0.1) is 12.3 Å². The predicted octanol–water partition coefficient (Wildman–Crippen LogP) is 2.92. The van der Waals surface area contributed by atoms with E-state index in [4.69, 9.17) is 4.74 Å². The molecule has 136 valence electrons. The topological polar surface area (TPSA) is 35.9 Å². The van der Waals surface area contributed by atoms with Gasteiger partial charge in [0.1, 0.15) is 5.75 Å². The lowest BCUT2D eigenvalue weighted by molar-refractivity contribution is 0.0340. The number of ether oxygens (including phenoxy) is 1. The van der Waals surface area contributed by atoms with Crippen LogP contribution in [0.2, 0.25) is 0 Å². The average molecular weight is 335 g/mol. The third kappa shape index (κ3) is 5.47. The summed E-state index contributed by atoms with van der Waals surface area (Å²) in [7, 11) is 1.72. The summed E-state index contributed by atoms with van der Waals surface area (Å²) in [6, 6.07) is 6.89. The van der Waals surface area contributed by atoms with Gasteiger partial charge >= 0.3 is 0 Å². The molecule has 0 amide bonds. The van der Waals surface area contributed by atoms with Crippen molar-refractivity contribution < 1.29 is 9.84 Å². The highest BCUT2D eigenvalue weighted by Gasteiger charge is 2.29. The summed E-state index contributed by atoms with van der Waals surface area (Å²) >= 11 is 0. The number of hydrogen-bond donors (Lipinski definition) is 1. The molecule has 0 radical (unpaired) electrons. The van der Waals surface area contributed by atoms with Crippen molar-refractivity contribution in [1.29, 1.82) is 0 Å². The van der Waals surface area contributed by atoms with Crippen molar-refractivity contribution >= 4 is 0 Å². The fourth-order valence-corrected chi connectivity index (χ4v) is 3.64. The minimum Gasteiger partial charge on any atom is -0.496 e. The van der Waals surface area contributed by atoms with Gasteiger partial charge in [0.15, 0.2) is 0 Å². The molecule has 1 atom stereocenters. The van der Waals surface area contributed by atoms with Crippen LogP contribution in [0.5, 0.6) is 5.75 Å². The molecule has 24 heavy (non-hydrogen) atoms. The molecule has 1 fully saturated rings. The number of aliphatic hydroxyl groups excluding tert-OH is 1. The second kappa shape index (κ2) is 8.32. The summed E-state index contributed by atoms with van der Waals surface area (Å²) in [5, 5.41) is 9.45. The van der Waals surface area contributed by atoms with Crippen LogP contribution in [0.4, 0.5) is 0 Å². The Morgan fingerprint density at radius 1 is 1.25 bits per heavy atom. The zero-order chi connectivity index (χ0) is 17.7. The molecule has 4 nitrogen and oxygen atoms in total. The van der Waals surface area contributed by atoms with Crippen molar-refractivity contribution in [3.05, 3.63) is 29.3 Å². The van der Waals surface area contributed by atoms with Gasteiger partial charge in [-0.2, -0.15) is 0 Å². The summed E-state index contributed by atoms with van der Waals surface area (Å²) in [4.78, 5) is 5.08. The highest BCUT2D eigenvalue weighted by Crippen LogP contribution is 2.23. The second-order valence-electron chi connectivity index (χ2n) is 8.24. The highest BCUT2D eigenvalue weighted by molar-refractivity contribution is 5.36. The van der Waals surface area contributed by atoms with E-state index >= 15 is 0 Å². The molecule has 1 aliphatic heterocycles. The van der Waals surface area contributed by atoms with Gasteiger partial charge in [-0.1, -0.05) is 32.9 Å². The van der Waals surface area contributed by atoms with Gasteiger partial charge in [0, 0.05) is 45.4 Å². The number of aryl methyl sites for hydroxylation is 1. The van der Waals surface area contributed by atoms with Crippen molar-refractivity contribution in [2.75, 3.05) is 39.9 Å². The smallest absolute Gasteiger partial charge is 0.121 e.